The smallest absolute Gasteiger partial charge is 0.344 e. The molecule has 3 N–H and O–H groups in total. The molecule has 0 aromatic heterocycles. The normalized spacial score (nSPS) is 32.1. The monoisotopic (exact) mass is 447 g/mol. The number of hydrazine groups is 1. The second kappa shape index (κ2) is 9.77. The van der Waals surface area contributed by atoms with E-state index in [1.807, 2.05) is 4.90 Å². The number of rotatable bonds is 5. The minimum atomic E-state index is -0.871. The van der Waals surface area contributed by atoms with Gasteiger partial charge in [0.05, 0.1) is 12.5 Å². The van der Waals surface area contributed by atoms with Crippen molar-refractivity contribution in [2.24, 2.45) is 11.8 Å². The van der Waals surface area contributed by atoms with E-state index in [1.165, 1.54) is 19.3 Å². The number of piperidine rings is 1. The second-order valence-electron chi connectivity index (χ2n) is 10.3. The van der Waals surface area contributed by atoms with E-state index in [2.05, 4.69) is 23.0 Å². The molecular formula is C23H37N5O4. The lowest BCUT2D eigenvalue weighted by Crippen LogP contribution is -2.54. The Balaban J connectivity index is 1.27. The molecule has 2 heterocycles. The Morgan fingerprint density at radius 1 is 1.03 bits per heavy atom. The summed E-state index contributed by atoms with van der Waals surface area (Å²) in [6, 6.07) is -0.272. The van der Waals surface area contributed by atoms with Gasteiger partial charge in [0.25, 0.3) is 11.8 Å². The number of hydrogen-bond acceptors (Lipinski definition) is 5. The minimum Gasteiger partial charge on any atom is -0.353 e. The molecule has 2 aliphatic carbocycles. The van der Waals surface area contributed by atoms with Gasteiger partial charge in [0.1, 0.15) is 5.54 Å². The van der Waals surface area contributed by atoms with Crippen LogP contribution in [0.5, 0.6) is 0 Å². The molecule has 1 unspecified atom stereocenters. The topological polar surface area (TPSA) is 111 Å². The summed E-state index contributed by atoms with van der Waals surface area (Å²) in [5.74, 6) is -0.252. The van der Waals surface area contributed by atoms with Gasteiger partial charge in [0.15, 0.2) is 0 Å². The van der Waals surface area contributed by atoms with Gasteiger partial charge in [-0.15, -0.1) is 0 Å². The largest absolute Gasteiger partial charge is 0.353 e. The Labute approximate surface area is 190 Å². The number of nitrogens with zero attached hydrogens (tertiary/aromatic N) is 2. The van der Waals surface area contributed by atoms with Gasteiger partial charge >= 0.3 is 6.03 Å². The van der Waals surface area contributed by atoms with Crippen molar-refractivity contribution in [1.29, 1.82) is 0 Å². The Bertz CT molecular complexity index is 743. The van der Waals surface area contributed by atoms with Crippen LogP contribution in [-0.2, 0) is 14.4 Å². The molecular weight excluding hydrogens is 410 g/mol. The van der Waals surface area contributed by atoms with E-state index in [0.29, 0.717) is 25.3 Å². The molecule has 0 radical (unpaired) electrons. The van der Waals surface area contributed by atoms with Crippen molar-refractivity contribution in [1.82, 2.24) is 26.0 Å². The summed E-state index contributed by atoms with van der Waals surface area (Å²) in [6.07, 6.45) is 10.3. The van der Waals surface area contributed by atoms with Gasteiger partial charge in [0, 0.05) is 12.6 Å². The van der Waals surface area contributed by atoms with E-state index in [0.717, 1.165) is 50.1 Å². The molecule has 32 heavy (non-hydrogen) atoms. The molecule has 2 saturated carbocycles. The summed E-state index contributed by atoms with van der Waals surface area (Å²) in [4.78, 5) is 52.6. The molecule has 9 nitrogen and oxygen atoms in total. The highest BCUT2D eigenvalue weighted by molar-refractivity contribution is 6.08. The van der Waals surface area contributed by atoms with Gasteiger partial charge in [-0.2, -0.15) is 5.01 Å². The van der Waals surface area contributed by atoms with Crippen molar-refractivity contribution in [3.05, 3.63) is 0 Å². The average Bonchev–Trinajstić information content (AvgIpc) is 3.01. The zero-order valence-corrected chi connectivity index (χ0v) is 19.2. The second-order valence-corrected chi connectivity index (χ2v) is 10.3. The SMILES string of the molecule is CC1CCC2(CC1)NC(=O)N(NC(=O)CN1CCCC(C(=O)NC3CCCCC3)C1)C2=O. The summed E-state index contributed by atoms with van der Waals surface area (Å²) in [5, 5.41) is 6.87. The summed E-state index contributed by atoms with van der Waals surface area (Å²) in [6.45, 7) is 3.46. The van der Waals surface area contributed by atoms with E-state index < -0.39 is 17.5 Å². The average molecular weight is 448 g/mol. The summed E-state index contributed by atoms with van der Waals surface area (Å²) >= 11 is 0. The number of carbonyl (C=O) groups is 4. The first-order valence-corrected chi connectivity index (χ1v) is 12.4. The Morgan fingerprint density at radius 2 is 1.75 bits per heavy atom. The maximum atomic E-state index is 12.9. The standard InChI is InChI=1S/C23H37N5O4/c1-16-9-11-23(12-10-16)21(31)28(22(32)25-23)26-19(29)15-27-13-5-6-17(14-27)20(30)24-18-7-3-2-4-8-18/h16-18H,2-15H2,1H3,(H,24,30)(H,25,32)(H,26,29). The number of urea groups is 1. The summed E-state index contributed by atoms with van der Waals surface area (Å²) in [7, 11) is 0. The molecule has 2 aliphatic heterocycles. The van der Waals surface area contributed by atoms with Crippen LogP contribution in [0.4, 0.5) is 4.79 Å². The molecule has 9 heteroatoms. The Hall–Kier alpha value is -2.16. The van der Waals surface area contributed by atoms with Crippen LogP contribution in [0.15, 0.2) is 0 Å². The number of likely N-dealkylation sites (tertiary alicyclic amines) is 1. The zero-order valence-electron chi connectivity index (χ0n) is 19.2. The van der Waals surface area contributed by atoms with Crippen LogP contribution >= 0.6 is 0 Å². The maximum absolute atomic E-state index is 12.9. The van der Waals surface area contributed by atoms with Gasteiger partial charge in [-0.05, 0) is 63.8 Å². The molecule has 0 aromatic carbocycles. The lowest BCUT2D eigenvalue weighted by molar-refractivity contribution is -0.140. The zero-order chi connectivity index (χ0) is 22.7. The first kappa shape index (κ1) is 23.0. The molecule has 1 atom stereocenters. The number of carbonyl (C=O) groups excluding carboxylic acids is 4. The highest BCUT2D eigenvalue weighted by atomic mass is 16.2. The van der Waals surface area contributed by atoms with Gasteiger partial charge in [-0.1, -0.05) is 26.2 Å². The maximum Gasteiger partial charge on any atom is 0.344 e. The minimum absolute atomic E-state index is 0.0638. The molecule has 5 amide bonds. The molecule has 4 aliphatic rings. The lowest BCUT2D eigenvalue weighted by Gasteiger charge is -2.34. The van der Waals surface area contributed by atoms with Crippen molar-refractivity contribution in [2.75, 3.05) is 19.6 Å². The van der Waals surface area contributed by atoms with E-state index >= 15 is 0 Å². The van der Waals surface area contributed by atoms with Gasteiger partial charge in [0.2, 0.25) is 5.91 Å². The van der Waals surface area contributed by atoms with Crippen LogP contribution in [0.1, 0.15) is 77.6 Å². The molecule has 1 spiro atoms. The fourth-order valence-electron chi connectivity index (χ4n) is 5.66. The highest BCUT2D eigenvalue weighted by Crippen LogP contribution is 2.35. The van der Waals surface area contributed by atoms with Gasteiger partial charge in [-0.25, -0.2) is 4.79 Å². The number of hydrogen-bond donors (Lipinski definition) is 3. The van der Waals surface area contributed by atoms with E-state index in [1.54, 1.807) is 0 Å². The fraction of sp³-hybridized carbons (Fsp3) is 0.826. The molecule has 4 fully saturated rings. The molecule has 0 bridgehead atoms. The van der Waals surface area contributed by atoms with Crippen LogP contribution in [0.2, 0.25) is 0 Å². The van der Waals surface area contributed by atoms with Crippen molar-refractivity contribution in [3.8, 4) is 0 Å². The number of nitrogens with one attached hydrogen (secondary N) is 3. The van der Waals surface area contributed by atoms with Crippen LogP contribution in [0, 0.1) is 11.8 Å². The van der Waals surface area contributed by atoms with Crippen LogP contribution < -0.4 is 16.1 Å². The van der Waals surface area contributed by atoms with Crippen LogP contribution in [0.25, 0.3) is 0 Å². The molecule has 4 rings (SSSR count). The van der Waals surface area contributed by atoms with Crippen molar-refractivity contribution in [3.63, 3.8) is 0 Å². The Morgan fingerprint density at radius 3 is 2.47 bits per heavy atom. The van der Waals surface area contributed by atoms with Crippen molar-refractivity contribution < 1.29 is 19.2 Å². The predicted octanol–water partition coefficient (Wildman–Crippen LogP) is 1.68. The third kappa shape index (κ3) is 5.08. The van der Waals surface area contributed by atoms with Gasteiger partial charge in [-0.3, -0.25) is 24.7 Å². The third-order valence-corrected chi connectivity index (χ3v) is 7.72. The van der Waals surface area contributed by atoms with E-state index in [9.17, 15) is 19.2 Å². The highest BCUT2D eigenvalue weighted by Gasteiger charge is 2.53. The van der Waals surface area contributed by atoms with E-state index in [4.69, 9.17) is 0 Å². The molecule has 2 saturated heterocycles. The van der Waals surface area contributed by atoms with Crippen molar-refractivity contribution in [2.45, 2.75) is 89.1 Å². The number of imide groups is 1. The predicted molar refractivity (Wildman–Crippen MR) is 118 cm³/mol. The van der Waals surface area contributed by atoms with Crippen LogP contribution in [-0.4, -0.2) is 64.9 Å². The summed E-state index contributed by atoms with van der Waals surface area (Å²) < 4.78 is 0. The Kier molecular flexibility index (Phi) is 7.02. The first-order chi connectivity index (χ1) is 15.4. The molecule has 0 aromatic rings. The van der Waals surface area contributed by atoms with E-state index in [-0.39, 0.29) is 30.3 Å². The summed E-state index contributed by atoms with van der Waals surface area (Å²) in [5.41, 5.74) is 1.64. The number of amides is 5. The van der Waals surface area contributed by atoms with Crippen LogP contribution in [0.3, 0.4) is 0 Å². The van der Waals surface area contributed by atoms with Gasteiger partial charge < -0.3 is 10.6 Å². The molecule has 178 valence electrons. The first-order valence-electron chi connectivity index (χ1n) is 12.4. The quantitative estimate of drug-likeness (QED) is 0.556. The lowest BCUT2D eigenvalue weighted by atomic mass is 9.77. The third-order valence-electron chi connectivity index (χ3n) is 7.72. The fourth-order valence-corrected chi connectivity index (χ4v) is 5.66. The van der Waals surface area contributed by atoms with Crippen molar-refractivity contribution >= 4 is 23.8 Å².